The first-order valence-electron chi connectivity index (χ1n) is 10.7. The zero-order chi connectivity index (χ0) is 24.5. The molecule has 0 unspecified atom stereocenters. The number of hydrogen-bond donors (Lipinski definition) is 1. The van der Waals surface area contributed by atoms with Gasteiger partial charge in [-0.1, -0.05) is 6.07 Å². The van der Waals surface area contributed by atoms with Crippen LogP contribution in [-0.2, 0) is 6.42 Å². The Labute approximate surface area is 198 Å². The number of rotatable bonds is 6. The van der Waals surface area contributed by atoms with E-state index in [0.29, 0.717) is 28.4 Å². The fraction of sp³-hybridized carbons (Fsp3) is 0.167. The number of aromatic nitrogens is 7. The Morgan fingerprint density at radius 2 is 1.91 bits per heavy atom. The minimum Gasteiger partial charge on any atom is -0.339 e. The molecular weight excluding hydrogens is 452 g/mol. The molecule has 0 atom stereocenters. The molecule has 0 saturated heterocycles. The molecule has 5 rings (SSSR count). The highest BCUT2D eigenvalue weighted by molar-refractivity contribution is 5.82. The Hall–Kier alpha value is -4.72. The molecular formula is C24H19F2N9. The van der Waals surface area contributed by atoms with Crippen LogP contribution in [-0.4, -0.2) is 40.9 Å². The van der Waals surface area contributed by atoms with Gasteiger partial charge in [-0.2, -0.15) is 15.5 Å². The summed E-state index contributed by atoms with van der Waals surface area (Å²) in [6.07, 6.45) is -1.41. The van der Waals surface area contributed by atoms with E-state index >= 15 is 0 Å². The summed E-state index contributed by atoms with van der Waals surface area (Å²) < 4.78 is 29.7. The van der Waals surface area contributed by atoms with Crippen molar-refractivity contribution in [2.75, 3.05) is 5.32 Å². The molecule has 0 radical (unpaired) electrons. The number of hydrogen-bond acceptors (Lipinski definition) is 7. The van der Waals surface area contributed by atoms with Crippen LogP contribution in [0.25, 0.3) is 22.7 Å². The van der Waals surface area contributed by atoms with Gasteiger partial charge in [-0.3, -0.25) is 4.57 Å². The first-order chi connectivity index (χ1) is 16.9. The van der Waals surface area contributed by atoms with Crippen LogP contribution in [0.4, 0.5) is 20.3 Å². The van der Waals surface area contributed by atoms with E-state index in [9.17, 15) is 14.0 Å². The third-order valence-corrected chi connectivity index (χ3v) is 5.38. The van der Waals surface area contributed by atoms with Crippen molar-refractivity contribution in [1.29, 1.82) is 5.26 Å². The van der Waals surface area contributed by atoms with E-state index in [-0.39, 0.29) is 11.5 Å². The summed E-state index contributed by atoms with van der Waals surface area (Å²) in [5.41, 5.74) is 4.23. The summed E-state index contributed by atoms with van der Waals surface area (Å²) in [4.78, 5) is 9.12. The maximum absolute atomic E-state index is 13.2. The number of anilines is 2. The summed E-state index contributed by atoms with van der Waals surface area (Å²) >= 11 is 0. The minimum atomic E-state index is -2.55. The standard InChI is InChI=1S/C24H19F2N9/c1-14-3-7-22(32-31-14)29-17-5-6-20-19(11-17)28-13-34(20)23-8-4-16(10-21(25)26)24(30-23)35-15(2)9-18(12-27)33-35/h3-9,11,13,21H,10H2,1-2H3,(H,29,32). The first kappa shape index (κ1) is 22.1. The summed E-state index contributed by atoms with van der Waals surface area (Å²) in [5.74, 6) is 1.35. The Balaban J connectivity index is 1.54. The molecule has 9 nitrogen and oxygen atoms in total. The van der Waals surface area contributed by atoms with E-state index in [1.165, 1.54) is 4.68 Å². The number of nitrogens with one attached hydrogen (secondary N) is 1. The molecule has 1 aromatic carbocycles. The molecule has 5 aromatic rings. The molecule has 0 amide bonds. The molecule has 4 aromatic heterocycles. The lowest BCUT2D eigenvalue weighted by atomic mass is 10.2. The lowest BCUT2D eigenvalue weighted by Gasteiger charge is -2.13. The van der Waals surface area contributed by atoms with Crippen molar-refractivity contribution in [1.82, 2.24) is 34.5 Å². The van der Waals surface area contributed by atoms with Crippen LogP contribution in [0, 0.1) is 25.2 Å². The van der Waals surface area contributed by atoms with Crippen LogP contribution < -0.4 is 5.32 Å². The van der Waals surface area contributed by atoms with Crippen molar-refractivity contribution in [2.45, 2.75) is 26.7 Å². The van der Waals surface area contributed by atoms with Gasteiger partial charge in [0, 0.05) is 23.4 Å². The number of aryl methyl sites for hydroxylation is 2. The SMILES string of the molecule is Cc1ccc(Nc2ccc3c(c2)ncn3-c2ccc(CC(F)F)c(-n3nc(C#N)cc3C)n2)nn1. The van der Waals surface area contributed by atoms with Crippen LogP contribution in [0.3, 0.4) is 0 Å². The Bertz CT molecular complexity index is 1560. The maximum Gasteiger partial charge on any atom is 0.242 e. The van der Waals surface area contributed by atoms with Crippen LogP contribution in [0.15, 0.2) is 54.9 Å². The number of imidazole rings is 1. The average molecular weight is 471 g/mol. The zero-order valence-electron chi connectivity index (χ0n) is 18.8. The molecule has 174 valence electrons. The van der Waals surface area contributed by atoms with Crippen LogP contribution >= 0.6 is 0 Å². The number of alkyl halides is 2. The predicted octanol–water partition coefficient (Wildman–Crippen LogP) is 4.44. The zero-order valence-corrected chi connectivity index (χ0v) is 18.8. The molecule has 0 aliphatic carbocycles. The average Bonchev–Trinajstić information content (AvgIpc) is 3.43. The number of nitriles is 1. The quantitative estimate of drug-likeness (QED) is 0.390. The highest BCUT2D eigenvalue weighted by Gasteiger charge is 2.18. The largest absolute Gasteiger partial charge is 0.339 e. The second kappa shape index (κ2) is 8.90. The Morgan fingerprint density at radius 1 is 1.06 bits per heavy atom. The molecule has 0 aliphatic rings. The van der Waals surface area contributed by atoms with E-state index in [1.54, 1.807) is 36.0 Å². The van der Waals surface area contributed by atoms with E-state index in [2.05, 4.69) is 30.6 Å². The molecule has 0 aliphatic heterocycles. The second-order valence-corrected chi connectivity index (χ2v) is 7.94. The Morgan fingerprint density at radius 3 is 2.63 bits per heavy atom. The van der Waals surface area contributed by atoms with Gasteiger partial charge in [-0.15, -0.1) is 5.10 Å². The molecule has 0 saturated carbocycles. The van der Waals surface area contributed by atoms with Crippen LogP contribution in [0.5, 0.6) is 0 Å². The second-order valence-electron chi connectivity index (χ2n) is 7.94. The van der Waals surface area contributed by atoms with Crippen molar-refractivity contribution in [2.24, 2.45) is 0 Å². The van der Waals surface area contributed by atoms with E-state index in [4.69, 9.17) is 0 Å². The summed E-state index contributed by atoms with van der Waals surface area (Å²) in [6, 6.07) is 16.2. The highest BCUT2D eigenvalue weighted by Crippen LogP contribution is 2.25. The van der Waals surface area contributed by atoms with Crippen molar-refractivity contribution in [3.63, 3.8) is 0 Å². The molecule has 11 heteroatoms. The summed E-state index contributed by atoms with van der Waals surface area (Å²) in [5, 5.41) is 24.8. The van der Waals surface area contributed by atoms with Crippen LogP contribution in [0.1, 0.15) is 22.6 Å². The molecule has 4 heterocycles. The maximum atomic E-state index is 13.2. The lowest BCUT2D eigenvalue weighted by Crippen LogP contribution is -2.11. The monoisotopic (exact) mass is 471 g/mol. The molecule has 0 bridgehead atoms. The number of pyridine rings is 1. The summed E-state index contributed by atoms with van der Waals surface area (Å²) in [6.45, 7) is 3.61. The fourth-order valence-corrected chi connectivity index (χ4v) is 3.74. The number of fused-ring (bicyclic) bond motifs is 1. The molecule has 1 N–H and O–H groups in total. The van der Waals surface area contributed by atoms with Gasteiger partial charge in [0.2, 0.25) is 6.43 Å². The van der Waals surface area contributed by atoms with Gasteiger partial charge in [-0.25, -0.2) is 23.4 Å². The van der Waals surface area contributed by atoms with Gasteiger partial charge >= 0.3 is 0 Å². The third-order valence-electron chi connectivity index (χ3n) is 5.38. The molecule has 35 heavy (non-hydrogen) atoms. The van der Waals surface area contributed by atoms with E-state index < -0.39 is 12.8 Å². The van der Waals surface area contributed by atoms with Crippen molar-refractivity contribution in [3.05, 3.63) is 77.5 Å². The van der Waals surface area contributed by atoms with Crippen molar-refractivity contribution < 1.29 is 8.78 Å². The third kappa shape index (κ3) is 4.41. The smallest absolute Gasteiger partial charge is 0.242 e. The molecule has 0 fully saturated rings. The van der Waals surface area contributed by atoms with Gasteiger partial charge in [0.1, 0.15) is 18.2 Å². The predicted molar refractivity (Wildman–Crippen MR) is 125 cm³/mol. The van der Waals surface area contributed by atoms with Gasteiger partial charge in [0.25, 0.3) is 0 Å². The normalized spacial score (nSPS) is 11.2. The number of benzene rings is 1. The van der Waals surface area contributed by atoms with Gasteiger partial charge in [0.05, 0.1) is 16.7 Å². The van der Waals surface area contributed by atoms with Crippen LogP contribution in [0.2, 0.25) is 0 Å². The fourth-order valence-electron chi connectivity index (χ4n) is 3.74. The van der Waals surface area contributed by atoms with Gasteiger partial charge < -0.3 is 5.32 Å². The van der Waals surface area contributed by atoms with E-state index in [1.807, 2.05) is 43.3 Å². The number of halogens is 2. The number of nitrogens with zero attached hydrogens (tertiary/aromatic N) is 8. The van der Waals surface area contributed by atoms with E-state index in [0.717, 1.165) is 16.9 Å². The van der Waals surface area contributed by atoms with Crippen molar-refractivity contribution >= 4 is 22.5 Å². The topological polar surface area (TPSA) is 110 Å². The lowest BCUT2D eigenvalue weighted by molar-refractivity contribution is 0.149. The molecule has 0 spiro atoms. The highest BCUT2D eigenvalue weighted by atomic mass is 19.3. The van der Waals surface area contributed by atoms with Crippen molar-refractivity contribution in [3.8, 4) is 17.7 Å². The van der Waals surface area contributed by atoms with Gasteiger partial charge in [-0.05, 0) is 56.3 Å². The first-order valence-corrected chi connectivity index (χ1v) is 10.7. The van der Waals surface area contributed by atoms with Gasteiger partial charge in [0.15, 0.2) is 17.3 Å². The Kier molecular flexibility index (Phi) is 5.62. The summed E-state index contributed by atoms with van der Waals surface area (Å²) in [7, 11) is 0. The minimum absolute atomic E-state index is 0.184.